The normalized spacial score (nSPS) is 23.8. The molecule has 2 aromatic heterocycles. The maximum atomic E-state index is 14.1. The number of imide groups is 1. The number of fused-ring (bicyclic) bond motifs is 1. The van der Waals surface area contributed by atoms with Crippen LogP contribution >= 0.6 is 0 Å². The van der Waals surface area contributed by atoms with Gasteiger partial charge in [0.05, 0.1) is 30.0 Å². The van der Waals surface area contributed by atoms with Gasteiger partial charge in [-0.1, -0.05) is 19.9 Å². The molecule has 15 heteroatoms. The Morgan fingerprint density at radius 3 is 2.56 bits per heavy atom. The third-order valence-electron chi connectivity index (χ3n) is 9.54. The molecule has 3 aromatic rings. The highest BCUT2D eigenvalue weighted by Gasteiger charge is 2.67. The lowest BCUT2D eigenvalue weighted by molar-refractivity contribution is -0.136. The van der Waals surface area contributed by atoms with Crippen LogP contribution < -0.4 is 24.8 Å². The number of hydrogen-bond acceptors (Lipinski definition) is 12. The largest absolute Gasteiger partial charge is 0.497 e. The molecule has 1 unspecified atom stereocenters. The van der Waals surface area contributed by atoms with Crippen molar-refractivity contribution in [2.24, 2.45) is 11.8 Å². The number of pyridine rings is 2. The van der Waals surface area contributed by atoms with Crippen LogP contribution in [-0.2, 0) is 24.4 Å². The summed E-state index contributed by atoms with van der Waals surface area (Å²) in [5, 5.41) is 15.7. The van der Waals surface area contributed by atoms with Crippen LogP contribution in [0.25, 0.3) is 10.8 Å². The van der Waals surface area contributed by atoms with Gasteiger partial charge in [-0.3, -0.25) is 29.3 Å². The molecular formula is C35H39N7O7S. The van der Waals surface area contributed by atoms with Crippen molar-refractivity contribution in [2.75, 3.05) is 19.0 Å². The molecular weight excluding hydrogens is 662 g/mol. The summed E-state index contributed by atoms with van der Waals surface area (Å²) < 4.78 is 39.8. The third-order valence-corrected chi connectivity index (χ3v) is 11.4. The molecule has 5 atom stereocenters. The summed E-state index contributed by atoms with van der Waals surface area (Å²) in [6.07, 6.45) is 5.21. The first-order chi connectivity index (χ1) is 23.9. The Morgan fingerprint density at radius 1 is 1.14 bits per heavy atom. The van der Waals surface area contributed by atoms with E-state index in [0.29, 0.717) is 41.2 Å². The number of nitrogens with one attached hydrogen (secondary N) is 3. The lowest BCUT2D eigenvalue weighted by Gasteiger charge is -2.32. The van der Waals surface area contributed by atoms with Crippen LogP contribution in [-0.4, -0.2) is 83.6 Å². The van der Waals surface area contributed by atoms with E-state index in [1.54, 1.807) is 44.2 Å². The van der Waals surface area contributed by atoms with Crippen molar-refractivity contribution in [2.45, 2.75) is 68.5 Å². The number of rotatable bonds is 13. The Balaban J connectivity index is 1.28. The average Bonchev–Trinajstić information content (AvgIpc) is 4.03. The number of likely N-dealkylation sites (tertiary alicyclic amines) is 1. The van der Waals surface area contributed by atoms with Crippen molar-refractivity contribution in [3.63, 3.8) is 0 Å². The number of sulfonamides is 1. The summed E-state index contributed by atoms with van der Waals surface area (Å²) in [6.45, 7) is 7.53. The molecule has 1 saturated heterocycles. The predicted molar refractivity (Wildman–Crippen MR) is 183 cm³/mol. The van der Waals surface area contributed by atoms with E-state index < -0.39 is 62.6 Å². The maximum absolute atomic E-state index is 14.1. The fraction of sp³-hybridized carbons (Fsp3) is 0.429. The highest BCUT2D eigenvalue weighted by Crippen LogP contribution is 2.53. The van der Waals surface area contributed by atoms with Crippen molar-refractivity contribution in [1.82, 2.24) is 24.9 Å². The molecule has 1 aromatic carbocycles. The second-order valence-electron chi connectivity index (χ2n) is 13.3. The minimum Gasteiger partial charge on any atom is -0.497 e. The minimum absolute atomic E-state index is 0.0679. The Morgan fingerprint density at radius 2 is 1.90 bits per heavy atom. The molecule has 50 heavy (non-hydrogen) atoms. The number of benzene rings is 1. The van der Waals surface area contributed by atoms with Crippen LogP contribution in [0.1, 0.15) is 45.1 Å². The molecule has 2 aliphatic carbocycles. The number of methoxy groups -OCH3 is 1. The Labute approximate surface area is 290 Å². The number of amides is 3. The van der Waals surface area contributed by atoms with Gasteiger partial charge in [-0.05, 0) is 67.0 Å². The Bertz CT molecular complexity index is 1990. The van der Waals surface area contributed by atoms with Gasteiger partial charge < -0.3 is 14.8 Å². The van der Waals surface area contributed by atoms with Gasteiger partial charge in [-0.2, -0.15) is 5.26 Å². The van der Waals surface area contributed by atoms with Gasteiger partial charge in [-0.15, -0.1) is 6.58 Å². The quantitative estimate of drug-likeness (QED) is 0.221. The molecule has 3 heterocycles. The van der Waals surface area contributed by atoms with Gasteiger partial charge in [0.1, 0.15) is 29.3 Å². The fourth-order valence-electron chi connectivity index (χ4n) is 6.59. The minimum atomic E-state index is -3.90. The summed E-state index contributed by atoms with van der Waals surface area (Å²) in [4.78, 5) is 51.9. The Hall–Kier alpha value is -5.07. The zero-order valence-electron chi connectivity index (χ0n) is 28.0. The molecule has 1 aliphatic heterocycles. The monoisotopic (exact) mass is 701 g/mol. The first-order valence-corrected chi connectivity index (χ1v) is 18.0. The van der Waals surface area contributed by atoms with Gasteiger partial charge in [-0.25, -0.2) is 18.4 Å². The molecule has 3 amide bonds. The number of carbonyl (C=O) groups excluding carboxylic acids is 3. The van der Waals surface area contributed by atoms with Crippen LogP contribution in [0.15, 0.2) is 61.4 Å². The first kappa shape index (κ1) is 34.8. The smallest absolute Gasteiger partial charge is 0.254 e. The standard InChI is InChI=1S/C35H39N7O7S/c1-5-23-17-35(23,34(45)41-50(46,47)26-7-8-26)42-19-25(49-33-27-9-6-24(48-4)15-22(27)11-13-38-33)16-28(42)31(43)40-32(44)30(20(2)3)39-29-14-21(18-36)10-12-37-29/h5-6,9-15,20,23,25-26,28,30H,1,7-8,16-17,19H2,2-4H3,(H,37,39)(H,41,45)(H,40,43,44)/t23-,25-,28+,30?,35-/m1/s1. The van der Waals surface area contributed by atoms with Gasteiger partial charge in [0, 0.05) is 36.7 Å². The van der Waals surface area contributed by atoms with Crippen molar-refractivity contribution < 1.29 is 32.3 Å². The number of ether oxygens (including phenoxy) is 2. The summed E-state index contributed by atoms with van der Waals surface area (Å²) in [5.74, 6) is -1.52. The highest BCUT2D eigenvalue weighted by molar-refractivity contribution is 7.91. The van der Waals surface area contributed by atoms with E-state index in [-0.39, 0.29) is 25.3 Å². The molecule has 0 spiro atoms. The topological polar surface area (TPSA) is 193 Å². The molecule has 0 radical (unpaired) electrons. The number of nitriles is 1. The summed E-state index contributed by atoms with van der Waals surface area (Å²) >= 11 is 0. The van der Waals surface area contributed by atoms with Gasteiger partial charge in [0.2, 0.25) is 27.7 Å². The van der Waals surface area contributed by atoms with E-state index in [1.807, 2.05) is 24.3 Å². The van der Waals surface area contributed by atoms with Crippen LogP contribution in [0.2, 0.25) is 0 Å². The highest BCUT2D eigenvalue weighted by atomic mass is 32.2. The summed E-state index contributed by atoms with van der Waals surface area (Å²) in [7, 11) is -2.33. The lowest BCUT2D eigenvalue weighted by atomic mass is 10.0. The van der Waals surface area contributed by atoms with Gasteiger partial charge in [0.25, 0.3) is 5.91 Å². The fourth-order valence-corrected chi connectivity index (χ4v) is 7.95. The van der Waals surface area contributed by atoms with E-state index >= 15 is 0 Å². The van der Waals surface area contributed by atoms with Gasteiger partial charge in [0.15, 0.2) is 0 Å². The molecule has 262 valence electrons. The number of carbonyl (C=O) groups is 3. The molecule has 0 bridgehead atoms. The SMILES string of the molecule is C=C[C@@H]1C[C@@]1(C(=O)NS(=O)(=O)C1CC1)N1C[C@H](Oc2nccc3cc(OC)ccc23)C[C@H]1C(=O)NC(=O)C(Nc1cc(C#N)ccn1)C(C)C. The van der Waals surface area contributed by atoms with E-state index in [4.69, 9.17) is 9.47 Å². The number of anilines is 1. The second-order valence-corrected chi connectivity index (χ2v) is 15.2. The van der Waals surface area contributed by atoms with Crippen molar-refractivity contribution in [3.8, 4) is 17.7 Å². The third kappa shape index (κ3) is 6.86. The van der Waals surface area contributed by atoms with Gasteiger partial charge >= 0.3 is 0 Å². The van der Waals surface area contributed by atoms with E-state index in [2.05, 4.69) is 31.9 Å². The Kier molecular flexibility index (Phi) is 9.52. The number of hydrogen-bond donors (Lipinski definition) is 3. The van der Waals surface area contributed by atoms with Crippen LogP contribution in [0.5, 0.6) is 11.6 Å². The zero-order chi connectivity index (χ0) is 35.8. The molecule has 3 N–H and O–H groups in total. The van der Waals surface area contributed by atoms with Crippen molar-refractivity contribution >= 4 is 44.3 Å². The molecule has 3 aliphatic rings. The molecule has 14 nitrogen and oxygen atoms in total. The first-order valence-electron chi connectivity index (χ1n) is 16.4. The van der Waals surface area contributed by atoms with Crippen LogP contribution in [0.3, 0.4) is 0 Å². The summed E-state index contributed by atoms with van der Waals surface area (Å²) in [5.41, 5.74) is -1.05. The average molecular weight is 702 g/mol. The molecule has 3 fully saturated rings. The van der Waals surface area contributed by atoms with Crippen LogP contribution in [0.4, 0.5) is 5.82 Å². The maximum Gasteiger partial charge on any atom is 0.254 e. The van der Waals surface area contributed by atoms with Crippen molar-refractivity contribution in [1.29, 1.82) is 5.26 Å². The van der Waals surface area contributed by atoms with Crippen LogP contribution in [0, 0.1) is 23.2 Å². The number of nitrogens with zero attached hydrogens (tertiary/aromatic N) is 4. The second kappa shape index (κ2) is 13.7. The predicted octanol–water partition coefficient (Wildman–Crippen LogP) is 2.66. The van der Waals surface area contributed by atoms with E-state index in [0.717, 1.165) is 5.39 Å². The lowest BCUT2D eigenvalue weighted by Crippen LogP contribution is -2.58. The van der Waals surface area contributed by atoms with E-state index in [1.165, 1.54) is 18.3 Å². The zero-order valence-corrected chi connectivity index (χ0v) is 28.8. The molecule has 2 saturated carbocycles. The summed E-state index contributed by atoms with van der Waals surface area (Å²) in [6, 6.07) is 10.4. The molecule has 6 rings (SSSR count). The number of aromatic nitrogens is 2. The van der Waals surface area contributed by atoms with Crippen molar-refractivity contribution in [3.05, 3.63) is 67.0 Å². The van der Waals surface area contributed by atoms with E-state index in [9.17, 15) is 28.1 Å².